The molecule has 1 amide bonds. The van der Waals surface area contributed by atoms with Crippen LogP contribution in [0.25, 0.3) is 0 Å². The first-order valence-corrected chi connectivity index (χ1v) is 4.32. The number of aromatic nitrogens is 1. The van der Waals surface area contributed by atoms with Crippen LogP contribution in [0.4, 0.5) is 0 Å². The summed E-state index contributed by atoms with van der Waals surface area (Å²) in [4.78, 5) is 16.1. The van der Waals surface area contributed by atoms with Gasteiger partial charge in [-0.3, -0.25) is 4.79 Å². The summed E-state index contributed by atoms with van der Waals surface area (Å²) >= 11 is 1.49. The van der Waals surface area contributed by atoms with Gasteiger partial charge in [0.05, 0.1) is 5.51 Å². The molecule has 0 aliphatic rings. The second kappa shape index (κ2) is 3.48. The molecule has 4 heteroatoms. The second-order valence-electron chi connectivity index (χ2n) is 2.12. The summed E-state index contributed by atoms with van der Waals surface area (Å²) < 4.78 is 0. The molecule has 0 spiro atoms. The Bertz CT molecular complexity index is 257. The maximum Gasteiger partial charge on any atom is 0.271 e. The maximum atomic E-state index is 11.2. The standard InChI is InChI=1S/C7H10N2OS/c1-3-8-7(10)6-5(2)11-4-9-6/h4H,3H2,1-2H3,(H,8,10). The predicted octanol–water partition coefficient (Wildman–Crippen LogP) is 1.20. The van der Waals surface area contributed by atoms with E-state index in [0.29, 0.717) is 12.2 Å². The van der Waals surface area contributed by atoms with E-state index in [4.69, 9.17) is 0 Å². The monoisotopic (exact) mass is 170 g/mol. The molecular weight excluding hydrogens is 160 g/mol. The number of nitrogens with zero attached hydrogens (tertiary/aromatic N) is 1. The van der Waals surface area contributed by atoms with Crippen molar-refractivity contribution in [2.24, 2.45) is 0 Å². The van der Waals surface area contributed by atoms with Gasteiger partial charge in [-0.05, 0) is 13.8 Å². The maximum absolute atomic E-state index is 11.2. The van der Waals surface area contributed by atoms with Crippen molar-refractivity contribution in [1.29, 1.82) is 0 Å². The summed E-state index contributed by atoms with van der Waals surface area (Å²) in [6.45, 7) is 4.43. The SMILES string of the molecule is CCNC(=O)c1ncsc1C. The summed E-state index contributed by atoms with van der Waals surface area (Å²) in [7, 11) is 0. The third-order valence-electron chi connectivity index (χ3n) is 1.30. The molecule has 0 aliphatic heterocycles. The molecule has 0 radical (unpaired) electrons. The van der Waals surface area contributed by atoms with Crippen LogP contribution >= 0.6 is 11.3 Å². The molecule has 60 valence electrons. The fraction of sp³-hybridized carbons (Fsp3) is 0.429. The third-order valence-corrected chi connectivity index (χ3v) is 2.05. The topological polar surface area (TPSA) is 42.0 Å². The minimum absolute atomic E-state index is 0.0775. The Kier molecular flexibility index (Phi) is 2.59. The molecule has 0 saturated carbocycles. The number of nitrogens with one attached hydrogen (secondary N) is 1. The van der Waals surface area contributed by atoms with Gasteiger partial charge in [-0.25, -0.2) is 4.98 Å². The van der Waals surface area contributed by atoms with Gasteiger partial charge in [0.15, 0.2) is 0 Å². The molecule has 1 aromatic rings. The summed E-state index contributed by atoms with van der Waals surface area (Å²) in [5.41, 5.74) is 2.23. The van der Waals surface area contributed by atoms with Crippen LogP contribution in [0.5, 0.6) is 0 Å². The average molecular weight is 170 g/mol. The molecule has 0 unspecified atom stereocenters. The third kappa shape index (κ3) is 1.77. The van der Waals surface area contributed by atoms with Crippen molar-refractivity contribution >= 4 is 17.2 Å². The Morgan fingerprint density at radius 3 is 3.00 bits per heavy atom. The van der Waals surface area contributed by atoms with Crippen LogP contribution in [0.15, 0.2) is 5.51 Å². The Balaban J connectivity index is 2.76. The van der Waals surface area contributed by atoms with Gasteiger partial charge in [0.1, 0.15) is 5.69 Å². The lowest BCUT2D eigenvalue weighted by molar-refractivity contribution is 0.0951. The molecule has 0 aliphatic carbocycles. The average Bonchev–Trinajstić information content (AvgIpc) is 2.36. The van der Waals surface area contributed by atoms with E-state index in [0.717, 1.165) is 4.88 Å². The highest BCUT2D eigenvalue weighted by atomic mass is 32.1. The largest absolute Gasteiger partial charge is 0.351 e. The van der Waals surface area contributed by atoms with Crippen molar-refractivity contribution in [1.82, 2.24) is 10.3 Å². The van der Waals surface area contributed by atoms with E-state index in [1.165, 1.54) is 11.3 Å². The predicted molar refractivity (Wildman–Crippen MR) is 44.9 cm³/mol. The van der Waals surface area contributed by atoms with Crippen LogP contribution in [0, 0.1) is 6.92 Å². The molecule has 11 heavy (non-hydrogen) atoms. The molecule has 0 aromatic carbocycles. The highest BCUT2D eigenvalue weighted by Gasteiger charge is 2.09. The Morgan fingerprint density at radius 2 is 2.55 bits per heavy atom. The quantitative estimate of drug-likeness (QED) is 0.724. The number of hydrogen-bond donors (Lipinski definition) is 1. The van der Waals surface area contributed by atoms with Crippen LogP contribution in [-0.4, -0.2) is 17.4 Å². The highest BCUT2D eigenvalue weighted by molar-refractivity contribution is 7.09. The molecule has 1 heterocycles. The number of amides is 1. The van der Waals surface area contributed by atoms with E-state index in [2.05, 4.69) is 10.3 Å². The van der Waals surface area contributed by atoms with Crippen LogP contribution in [0.2, 0.25) is 0 Å². The number of aryl methyl sites for hydroxylation is 1. The first kappa shape index (κ1) is 8.20. The van der Waals surface area contributed by atoms with Crippen molar-refractivity contribution in [3.63, 3.8) is 0 Å². The van der Waals surface area contributed by atoms with Gasteiger partial charge in [-0.1, -0.05) is 0 Å². The fourth-order valence-corrected chi connectivity index (χ4v) is 1.34. The molecule has 1 aromatic heterocycles. The van der Waals surface area contributed by atoms with Gasteiger partial charge < -0.3 is 5.32 Å². The van der Waals surface area contributed by atoms with Gasteiger partial charge in [0.25, 0.3) is 5.91 Å². The van der Waals surface area contributed by atoms with E-state index < -0.39 is 0 Å². The molecule has 1 N–H and O–H groups in total. The van der Waals surface area contributed by atoms with E-state index in [1.54, 1.807) is 5.51 Å². The van der Waals surface area contributed by atoms with Gasteiger partial charge in [-0.2, -0.15) is 0 Å². The minimum atomic E-state index is -0.0775. The zero-order valence-electron chi connectivity index (χ0n) is 6.55. The Labute approximate surface area is 69.5 Å². The van der Waals surface area contributed by atoms with Crippen molar-refractivity contribution in [3.05, 3.63) is 16.1 Å². The number of carbonyl (C=O) groups is 1. The lowest BCUT2D eigenvalue weighted by Crippen LogP contribution is -2.23. The van der Waals surface area contributed by atoms with Gasteiger partial charge in [0.2, 0.25) is 0 Å². The van der Waals surface area contributed by atoms with Crippen molar-refractivity contribution in [2.45, 2.75) is 13.8 Å². The summed E-state index contributed by atoms with van der Waals surface area (Å²) in [5, 5.41) is 2.69. The summed E-state index contributed by atoms with van der Waals surface area (Å²) in [6.07, 6.45) is 0. The Hall–Kier alpha value is -0.900. The minimum Gasteiger partial charge on any atom is -0.351 e. The number of carbonyl (C=O) groups excluding carboxylic acids is 1. The normalized spacial score (nSPS) is 9.64. The molecule has 0 saturated heterocycles. The zero-order chi connectivity index (χ0) is 8.27. The smallest absolute Gasteiger partial charge is 0.271 e. The van der Waals surface area contributed by atoms with E-state index in [9.17, 15) is 4.79 Å². The highest BCUT2D eigenvalue weighted by Crippen LogP contribution is 2.10. The van der Waals surface area contributed by atoms with Crippen LogP contribution in [-0.2, 0) is 0 Å². The van der Waals surface area contributed by atoms with Gasteiger partial charge >= 0.3 is 0 Å². The van der Waals surface area contributed by atoms with Crippen LogP contribution in [0.1, 0.15) is 22.3 Å². The molecule has 0 bridgehead atoms. The van der Waals surface area contributed by atoms with E-state index >= 15 is 0 Å². The summed E-state index contributed by atoms with van der Waals surface area (Å²) in [5.74, 6) is -0.0775. The van der Waals surface area contributed by atoms with Crippen molar-refractivity contribution in [3.8, 4) is 0 Å². The van der Waals surface area contributed by atoms with Crippen molar-refractivity contribution in [2.75, 3.05) is 6.54 Å². The second-order valence-corrected chi connectivity index (χ2v) is 3.18. The molecule has 0 fully saturated rings. The van der Waals surface area contributed by atoms with E-state index in [1.807, 2.05) is 13.8 Å². The first-order chi connectivity index (χ1) is 5.25. The molecule has 3 nitrogen and oxygen atoms in total. The number of hydrogen-bond acceptors (Lipinski definition) is 3. The van der Waals surface area contributed by atoms with Crippen LogP contribution in [0.3, 0.4) is 0 Å². The molecule has 1 rings (SSSR count). The molecular formula is C7H10N2OS. The number of thiazole rings is 1. The first-order valence-electron chi connectivity index (χ1n) is 3.44. The lowest BCUT2D eigenvalue weighted by Gasteiger charge is -1.97. The van der Waals surface area contributed by atoms with Gasteiger partial charge in [0, 0.05) is 11.4 Å². The Morgan fingerprint density at radius 1 is 1.82 bits per heavy atom. The molecule has 0 atom stereocenters. The fourth-order valence-electron chi connectivity index (χ4n) is 0.768. The van der Waals surface area contributed by atoms with Gasteiger partial charge in [-0.15, -0.1) is 11.3 Å². The van der Waals surface area contributed by atoms with Crippen molar-refractivity contribution < 1.29 is 4.79 Å². The van der Waals surface area contributed by atoms with E-state index in [-0.39, 0.29) is 5.91 Å². The summed E-state index contributed by atoms with van der Waals surface area (Å²) in [6, 6.07) is 0. The van der Waals surface area contributed by atoms with Crippen LogP contribution < -0.4 is 5.32 Å². The number of rotatable bonds is 2. The lowest BCUT2D eigenvalue weighted by atomic mass is 10.3. The zero-order valence-corrected chi connectivity index (χ0v) is 7.36.